The van der Waals surface area contributed by atoms with Crippen molar-refractivity contribution in [2.45, 2.75) is 43.7 Å². The Morgan fingerprint density at radius 3 is 2.41 bits per heavy atom. The Kier molecular flexibility index (Phi) is 9.05. The zero-order valence-corrected chi connectivity index (χ0v) is 24.9. The Labute approximate surface area is 246 Å². The number of aliphatic hydroxyl groups is 1. The summed E-state index contributed by atoms with van der Waals surface area (Å²) in [5, 5.41) is 9.03. The lowest BCUT2D eigenvalue weighted by Crippen LogP contribution is -2.53. The number of aliphatic imine (C=N–C) groups is 1. The average Bonchev–Trinajstić information content (AvgIpc) is 3.35. The third-order valence-electron chi connectivity index (χ3n) is 7.24. The molecule has 0 saturated carbocycles. The number of carbonyl (C=O) groups is 1. The smallest absolute Gasteiger partial charge is 0.255 e. The first-order valence-corrected chi connectivity index (χ1v) is 15.0. The van der Waals surface area contributed by atoms with E-state index in [1.54, 1.807) is 0 Å². The Bertz CT molecular complexity index is 1310. The van der Waals surface area contributed by atoms with Crippen LogP contribution in [-0.2, 0) is 16.0 Å². The van der Waals surface area contributed by atoms with Gasteiger partial charge in [0.25, 0.3) is 5.91 Å². The second-order valence-corrected chi connectivity index (χ2v) is 11.7. The molecule has 2 aliphatic heterocycles. The van der Waals surface area contributed by atoms with Crippen molar-refractivity contribution in [3.05, 3.63) is 98.4 Å². The van der Waals surface area contributed by atoms with E-state index in [0.717, 1.165) is 58.0 Å². The number of piperidine rings is 1. The van der Waals surface area contributed by atoms with Crippen LogP contribution in [-0.4, -0.2) is 53.7 Å². The van der Waals surface area contributed by atoms with Gasteiger partial charge in [-0.25, -0.2) is 4.99 Å². The quantitative estimate of drug-likeness (QED) is 0.268. The lowest BCUT2D eigenvalue weighted by molar-refractivity contribution is -0.140. The fraction of sp³-hybridized carbons (Fsp3) is 0.355. The monoisotopic (exact) mass is 654 g/mol. The molecule has 1 amide bonds. The molecule has 2 heterocycles. The molecule has 0 spiro atoms. The van der Waals surface area contributed by atoms with Crippen molar-refractivity contribution < 1.29 is 19.4 Å². The second kappa shape index (κ2) is 12.7. The van der Waals surface area contributed by atoms with Crippen LogP contribution < -0.4 is 4.74 Å². The first-order chi connectivity index (χ1) is 19.0. The van der Waals surface area contributed by atoms with Crippen molar-refractivity contribution in [2.75, 3.05) is 26.3 Å². The number of nitrogens with zero attached hydrogens (tertiary/aromatic N) is 2. The molecular weight excluding hydrogens is 624 g/mol. The van der Waals surface area contributed by atoms with Crippen molar-refractivity contribution in [2.24, 2.45) is 4.99 Å². The molecule has 0 aromatic heterocycles. The Morgan fingerprint density at radius 1 is 1.00 bits per heavy atom. The molecule has 2 aliphatic rings. The highest BCUT2D eigenvalue weighted by Crippen LogP contribution is 2.44. The van der Waals surface area contributed by atoms with Gasteiger partial charge in [-0.1, -0.05) is 62.2 Å². The molecule has 0 radical (unpaired) electrons. The fourth-order valence-electron chi connectivity index (χ4n) is 5.21. The summed E-state index contributed by atoms with van der Waals surface area (Å²) >= 11 is 7.24. The molecule has 8 heteroatoms. The first-order valence-electron chi connectivity index (χ1n) is 13.4. The van der Waals surface area contributed by atoms with E-state index in [4.69, 9.17) is 19.6 Å². The van der Waals surface area contributed by atoms with Crippen LogP contribution in [0.4, 0.5) is 0 Å². The Balaban J connectivity index is 1.59. The molecule has 204 valence electrons. The maximum atomic E-state index is 14.5. The summed E-state index contributed by atoms with van der Waals surface area (Å²) in [4.78, 5) is 21.7. The average molecular weight is 656 g/mol. The van der Waals surface area contributed by atoms with Gasteiger partial charge in [0, 0.05) is 47.0 Å². The maximum absolute atomic E-state index is 14.5. The van der Waals surface area contributed by atoms with E-state index in [1.165, 1.54) is 0 Å². The topological polar surface area (TPSA) is 71.4 Å². The molecule has 3 aromatic rings. The SMILES string of the molecule is O=C(N1CCCCC1)[C@]1(Cc2ccccc2Br)N=C(c2ccc(OCCCO)cc2)O[C@@H]1c1ccc(Br)cc1. The number of amides is 1. The number of likely N-dealkylation sites (tertiary alicyclic amines) is 1. The number of aliphatic hydroxyl groups excluding tert-OH is 1. The number of carbonyl (C=O) groups excluding carboxylic acids is 1. The van der Waals surface area contributed by atoms with Crippen molar-refractivity contribution in [3.63, 3.8) is 0 Å². The van der Waals surface area contributed by atoms with E-state index in [0.29, 0.717) is 31.1 Å². The summed E-state index contributed by atoms with van der Waals surface area (Å²) in [5.41, 5.74) is 1.53. The van der Waals surface area contributed by atoms with E-state index in [9.17, 15) is 4.79 Å². The highest BCUT2D eigenvalue weighted by molar-refractivity contribution is 9.10. The molecule has 0 unspecified atom stereocenters. The van der Waals surface area contributed by atoms with Crippen molar-refractivity contribution in [1.82, 2.24) is 4.90 Å². The van der Waals surface area contributed by atoms with Gasteiger partial charge in [0.15, 0.2) is 11.6 Å². The summed E-state index contributed by atoms with van der Waals surface area (Å²) in [6.07, 6.45) is 3.50. The zero-order valence-electron chi connectivity index (χ0n) is 21.7. The van der Waals surface area contributed by atoms with Gasteiger partial charge in [0.1, 0.15) is 5.75 Å². The Morgan fingerprint density at radius 2 is 1.72 bits per heavy atom. The minimum atomic E-state index is -1.17. The van der Waals surface area contributed by atoms with Crippen molar-refractivity contribution in [3.8, 4) is 5.75 Å². The normalized spacial score (nSPS) is 20.8. The van der Waals surface area contributed by atoms with Crippen LogP contribution in [0.1, 0.15) is 48.5 Å². The van der Waals surface area contributed by atoms with E-state index < -0.39 is 11.6 Å². The van der Waals surface area contributed by atoms with E-state index >= 15 is 0 Å². The van der Waals surface area contributed by atoms with Crippen LogP contribution in [0.5, 0.6) is 5.75 Å². The van der Waals surface area contributed by atoms with E-state index in [2.05, 4.69) is 31.9 Å². The number of benzene rings is 3. The van der Waals surface area contributed by atoms with Crippen LogP contribution in [0.2, 0.25) is 0 Å². The summed E-state index contributed by atoms with van der Waals surface area (Å²) < 4.78 is 14.3. The number of hydrogen-bond acceptors (Lipinski definition) is 5. The Hall–Kier alpha value is -2.68. The predicted molar refractivity (Wildman–Crippen MR) is 159 cm³/mol. The third kappa shape index (κ3) is 6.23. The highest BCUT2D eigenvalue weighted by atomic mass is 79.9. The molecule has 0 aliphatic carbocycles. The van der Waals surface area contributed by atoms with Gasteiger partial charge in [-0.15, -0.1) is 0 Å². The van der Waals surface area contributed by atoms with Gasteiger partial charge >= 0.3 is 0 Å². The second-order valence-electron chi connectivity index (χ2n) is 9.96. The van der Waals surface area contributed by atoms with Gasteiger partial charge in [-0.2, -0.15) is 0 Å². The molecule has 6 nitrogen and oxygen atoms in total. The zero-order chi connectivity index (χ0) is 27.2. The summed E-state index contributed by atoms with van der Waals surface area (Å²) in [6.45, 7) is 1.99. The number of ether oxygens (including phenoxy) is 2. The van der Waals surface area contributed by atoms with Gasteiger partial charge in [0.05, 0.1) is 6.61 Å². The minimum Gasteiger partial charge on any atom is -0.494 e. The number of rotatable bonds is 9. The van der Waals surface area contributed by atoms with E-state index in [-0.39, 0.29) is 12.5 Å². The van der Waals surface area contributed by atoms with Crippen LogP contribution in [0.3, 0.4) is 0 Å². The molecule has 0 bridgehead atoms. The molecule has 1 saturated heterocycles. The molecule has 1 fully saturated rings. The van der Waals surface area contributed by atoms with Crippen LogP contribution in [0, 0.1) is 0 Å². The standard InChI is InChI=1S/C31H32Br2N2O4/c32-25-13-9-22(10-14-25)28-31(21-24-7-2-3-8-27(24)33,30(37)35-17-4-1-5-18-35)34-29(39-28)23-11-15-26(16-12-23)38-20-6-19-36/h2-3,7-16,28,36H,1,4-6,17-21H2/t28-,31-/m1/s1. The van der Waals surface area contributed by atoms with E-state index in [1.807, 2.05) is 77.7 Å². The van der Waals surface area contributed by atoms with Crippen LogP contribution >= 0.6 is 31.9 Å². The van der Waals surface area contributed by atoms with Gasteiger partial charge in [-0.05, 0) is 72.9 Å². The highest BCUT2D eigenvalue weighted by Gasteiger charge is 2.55. The van der Waals surface area contributed by atoms with Gasteiger partial charge in [0.2, 0.25) is 5.90 Å². The molecule has 5 rings (SSSR count). The van der Waals surface area contributed by atoms with Crippen LogP contribution in [0.15, 0.2) is 86.7 Å². The number of hydrogen-bond donors (Lipinski definition) is 1. The third-order valence-corrected chi connectivity index (χ3v) is 8.54. The maximum Gasteiger partial charge on any atom is 0.255 e. The molecule has 3 aromatic carbocycles. The summed E-state index contributed by atoms with van der Waals surface area (Å²) in [7, 11) is 0. The minimum absolute atomic E-state index is 0.00447. The van der Waals surface area contributed by atoms with Gasteiger partial charge < -0.3 is 19.5 Å². The fourth-order valence-corrected chi connectivity index (χ4v) is 5.90. The molecule has 39 heavy (non-hydrogen) atoms. The lowest BCUT2D eigenvalue weighted by Gasteiger charge is -2.37. The molecule has 1 N–H and O–H groups in total. The van der Waals surface area contributed by atoms with Crippen molar-refractivity contribution in [1.29, 1.82) is 0 Å². The van der Waals surface area contributed by atoms with Crippen LogP contribution in [0.25, 0.3) is 0 Å². The first kappa shape index (κ1) is 27.9. The number of halogens is 2. The largest absolute Gasteiger partial charge is 0.494 e. The molecule has 2 atom stereocenters. The summed E-state index contributed by atoms with van der Waals surface area (Å²) in [6, 6.07) is 23.5. The molecular formula is C31H32Br2N2O4. The lowest BCUT2D eigenvalue weighted by atomic mass is 9.81. The summed E-state index contributed by atoms with van der Waals surface area (Å²) in [5.74, 6) is 1.16. The predicted octanol–water partition coefficient (Wildman–Crippen LogP) is 6.48. The van der Waals surface area contributed by atoms with Gasteiger partial charge in [-0.3, -0.25) is 4.79 Å². The van der Waals surface area contributed by atoms with Crippen molar-refractivity contribution >= 4 is 43.7 Å².